The van der Waals surface area contributed by atoms with Crippen LogP contribution in [0.5, 0.6) is 23.0 Å². The second kappa shape index (κ2) is 10.9. The van der Waals surface area contributed by atoms with E-state index in [4.69, 9.17) is 23.9 Å². The van der Waals surface area contributed by atoms with Crippen LogP contribution in [-0.4, -0.2) is 39.3 Å². The van der Waals surface area contributed by atoms with Crippen LogP contribution in [0.1, 0.15) is 35.0 Å². The smallest absolute Gasteiger partial charge is 0.257 e. The van der Waals surface area contributed by atoms with Crippen molar-refractivity contribution in [1.82, 2.24) is 4.98 Å². The first-order chi connectivity index (χ1) is 15.5. The van der Waals surface area contributed by atoms with Gasteiger partial charge in [-0.05, 0) is 49.2 Å². The number of ether oxygens (including phenoxy) is 4. The van der Waals surface area contributed by atoms with Gasteiger partial charge >= 0.3 is 0 Å². The number of rotatable bonds is 10. The molecule has 0 bridgehead atoms. The second-order valence-electron chi connectivity index (χ2n) is 6.99. The van der Waals surface area contributed by atoms with Crippen LogP contribution in [0.15, 0.2) is 36.4 Å². The zero-order valence-corrected chi connectivity index (χ0v) is 19.8. The van der Waals surface area contributed by atoms with E-state index in [1.54, 1.807) is 19.2 Å². The summed E-state index contributed by atoms with van der Waals surface area (Å²) < 4.78 is 21.3. The summed E-state index contributed by atoms with van der Waals surface area (Å²) in [6.07, 6.45) is 3.02. The van der Waals surface area contributed by atoms with Crippen LogP contribution >= 0.6 is 11.3 Å². The Hall–Kier alpha value is -3.26. The molecule has 0 saturated carbocycles. The summed E-state index contributed by atoms with van der Waals surface area (Å²) in [4.78, 5) is 18.9. The third kappa shape index (κ3) is 5.13. The van der Waals surface area contributed by atoms with Gasteiger partial charge in [-0.1, -0.05) is 13.3 Å². The molecule has 1 aromatic heterocycles. The van der Waals surface area contributed by atoms with Gasteiger partial charge in [0.2, 0.25) is 5.75 Å². The van der Waals surface area contributed by atoms with E-state index in [2.05, 4.69) is 12.2 Å². The summed E-state index contributed by atoms with van der Waals surface area (Å²) in [5.74, 6) is 1.75. The fourth-order valence-electron chi connectivity index (χ4n) is 3.27. The number of hydrogen-bond acceptors (Lipinski definition) is 7. The maximum Gasteiger partial charge on any atom is 0.257 e. The zero-order valence-electron chi connectivity index (χ0n) is 19.0. The molecule has 3 rings (SSSR count). The third-order valence-corrected chi connectivity index (χ3v) is 6.00. The molecule has 1 N–H and O–H groups in total. The Kier molecular flexibility index (Phi) is 7.94. The van der Waals surface area contributed by atoms with E-state index in [1.165, 1.54) is 32.7 Å². The number of carbonyl (C=O) groups is 1. The number of amides is 1. The van der Waals surface area contributed by atoms with E-state index >= 15 is 0 Å². The Labute approximate surface area is 192 Å². The minimum Gasteiger partial charge on any atom is -0.497 e. The van der Waals surface area contributed by atoms with E-state index in [9.17, 15) is 4.79 Å². The first kappa shape index (κ1) is 23.4. The molecule has 0 fully saturated rings. The van der Waals surface area contributed by atoms with E-state index < -0.39 is 0 Å². The van der Waals surface area contributed by atoms with Crippen LogP contribution in [0.4, 0.5) is 5.13 Å². The van der Waals surface area contributed by atoms with Crippen molar-refractivity contribution in [2.75, 3.05) is 33.8 Å². The highest BCUT2D eigenvalue weighted by atomic mass is 32.1. The van der Waals surface area contributed by atoms with Crippen LogP contribution in [0.3, 0.4) is 0 Å². The van der Waals surface area contributed by atoms with Crippen LogP contribution in [-0.2, 0) is 6.42 Å². The Morgan fingerprint density at radius 3 is 2.16 bits per heavy atom. The van der Waals surface area contributed by atoms with Crippen molar-refractivity contribution in [1.29, 1.82) is 0 Å². The summed E-state index contributed by atoms with van der Waals surface area (Å²) in [6, 6.07) is 11.0. The van der Waals surface area contributed by atoms with Crippen molar-refractivity contribution in [2.45, 2.75) is 26.2 Å². The van der Waals surface area contributed by atoms with Crippen molar-refractivity contribution >= 4 is 22.4 Å². The first-order valence-electron chi connectivity index (χ1n) is 10.3. The summed E-state index contributed by atoms with van der Waals surface area (Å²) in [6.45, 7) is 2.15. The van der Waals surface area contributed by atoms with Crippen LogP contribution in [0, 0.1) is 0 Å². The van der Waals surface area contributed by atoms with E-state index in [0.29, 0.717) is 27.9 Å². The zero-order chi connectivity index (χ0) is 23.1. The van der Waals surface area contributed by atoms with Crippen LogP contribution in [0.25, 0.3) is 11.3 Å². The quantitative estimate of drug-likeness (QED) is 0.438. The molecule has 0 atom stereocenters. The normalized spacial score (nSPS) is 10.5. The summed E-state index contributed by atoms with van der Waals surface area (Å²) in [5, 5.41) is 3.46. The maximum absolute atomic E-state index is 13.0. The lowest BCUT2D eigenvalue weighted by molar-refractivity contribution is 0.102. The minimum absolute atomic E-state index is 0.304. The van der Waals surface area contributed by atoms with Crippen molar-refractivity contribution in [3.8, 4) is 34.3 Å². The fraction of sp³-hybridized carbons (Fsp3) is 0.333. The van der Waals surface area contributed by atoms with Gasteiger partial charge in [-0.25, -0.2) is 4.98 Å². The molecule has 170 valence electrons. The van der Waals surface area contributed by atoms with Crippen molar-refractivity contribution in [2.24, 2.45) is 0 Å². The van der Waals surface area contributed by atoms with Crippen LogP contribution < -0.4 is 24.3 Å². The number of carbonyl (C=O) groups excluding carboxylic acids is 1. The molecular formula is C24H28N2O5S. The summed E-state index contributed by atoms with van der Waals surface area (Å²) in [5.41, 5.74) is 2.25. The van der Waals surface area contributed by atoms with Gasteiger partial charge in [-0.3, -0.25) is 10.1 Å². The Morgan fingerprint density at radius 1 is 0.969 bits per heavy atom. The molecule has 1 amide bonds. The third-order valence-electron chi connectivity index (χ3n) is 4.97. The van der Waals surface area contributed by atoms with Crippen molar-refractivity contribution in [3.63, 3.8) is 0 Å². The number of unbranched alkanes of at least 4 members (excludes halogenated alkanes) is 1. The molecule has 7 nitrogen and oxygen atoms in total. The Balaban J connectivity index is 1.91. The average Bonchev–Trinajstić information content (AvgIpc) is 3.23. The topological polar surface area (TPSA) is 78.9 Å². The number of nitrogens with one attached hydrogen (secondary N) is 1. The second-order valence-corrected chi connectivity index (χ2v) is 8.07. The summed E-state index contributed by atoms with van der Waals surface area (Å²) >= 11 is 1.49. The lowest BCUT2D eigenvalue weighted by Gasteiger charge is -2.13. The van der Waals surface area contributed by atoms with Gasteiger partial charge in [0, 0.05) is 16.0 Å². The van der Waals surface area contributed by atoms with Gasteiger partial charge in [-0.2, -0.15) is 0 Å². The monoisotopic (exact) mass is 456 g/mol. The molecule has 0 aliphatic carbocycles. The average molecular weight is 457 g/mol. The predicted octanol–water partition coefficient (Wildman–Crippen LogP) is 5.44. The largest absolute Gasteiger partial charge is 0.497 e. The van der Waals surface area contributed by atoms with Gasteiger partial charge in [-0.15, -0.1) is 11.3 Å². The van der Waals surface area contributed by atoms with Gasteiger partial charge in [0.1, 0.15) is 5.75 Å². The van der Waals surface area contributed by atoms with E-state index in [1.807, 2.05) is 24.3 Å². The highest BCUT2D eigenvalue weighted by Gasteiger charge is 2.19. The van der Waals surface area contributed by atoms with E-state index in [0.717, 1.165) is 41.1 Å². The molecule has 3 aromatic rings. The molecule has 0 unspecified atom stereocenters. The number of thiazole rings is 1. The molecule has 0 aliphatic rings. The fourth-order valence-corrected chi connectivity index (χ4v) is 4.29. The SMILES string of the molecule is CCCCc1sc(NC(=O)c2cc(OC)c(OC)c(OC)c2)nc1-c1ccc(OC)cc1. The van der Waals surface area contributed by atoms with E-state index in [-0.39, 0.29) is 5.91 Å². The van der Waals surface area contributed by atoms with Gasteiger partial charge < -0.3 is 18.9 Å². The number of methoxy groups -OCH3 is 4. The summed E-state index contributed by atoms with van der Waals surface area (Å²) in [7, 11) is 6.19. The standard InChI is InChI=1S/C24H28N2O5S/c1-6-7-8-20-21(15-9-11-17(28-2)12-10-15)25-24(32-20)26-23(27)16-13-18(29-3)22(31-5)19(14-16)30-4/h9-14H,6-8H2,1-5H3,(H,25,26,27). The molecule has 0 saturated heterocycles. The lowest BCUT2D eigenvalue weighted by atomic mass is 10.1. The van der Waals surface area contributed by atoms with Gasteiger partial charge in [0.15, 0.2) is 16.6 Å². The molecule has 1 heterocycles. The first-order valence-corrected chi connectivity index (χ1v) is 11.1. The molecular weight excluding hydrogens is 428 g/mol. The Morgan fingerprint density at radius 2 is 1.62 bits per heavy atom. The molecule has 0 radical (unpaired) electrons. The maximum atomic E-state index is 13.0. The number of aryl methyl sites for hydroxylation is 1. The van der Waals surface area contributed by atoms with Crippen molar-refractivity contribution < 1.29 is 23.7 Å². The number of hydrogen-bond donors (Lipinski definition) is 1. The number of anilines is 1. The van der Waals surface area contributed by atoms with Gasteiger partial charge in [0.25, 0.3) is 5.91 Å². The predicted molar refractivity (Wildman–Crippen MR) is 127 cm³/mol. The van der Waals surface area contributed by atoms with Crippen molar-refractivity contribution in [3.05, 3.63) is 46.8 Å². The molecule has 0 spiro atoms. The van der Waals surface area contributed by atoms with Gasteiger partial charge in [0.05, 0.1) is 34.1 Å². The number of aromatic nitrogens is 1. The van der Waals surface area contributed by atoms with Crippen LogP contribution in [0.2, 0.25) is 0 Å². The lowest BCUT2D eigenvalue weighted by Crippen LogP contribution is -2.12. The number of benzene rings is 2. The molecule has 8 heteroatoms. The minimum atomic E-state index is -0.304. The molecule has 32 heavy (non-hydrogen) atoms. The highest BCUT2D eigenvalue weighted by Crippen LogP contribution is 2.39. The Bertz CT molecular complexity index is 1040. The highest BCUT2D eigenvalue weighted by molar-refractivity contribution is 7.16. The molecule has 0 aliphatic heterocycles. The molecule has 2 aromatic carbocycles. The number of nitrogens with zero attached hydrogens (tertiary/aromatic N) is 1.